The highest BCUT2D eigenvalue weighted by atomic mass is 19.1. The predicted octanol–water partition coefficient (Wildman–Crippen LogP) is 1.01. The Bertz CT molecular complexity index is 751. The number of aliphatic hydroxyl groups excluding tert-OH is 1. The molecule has 28 heavy (non-hydrogen) atoms. The number of ether oxygens (including phenoxy) is 3. The van der Waals surface area contributed by atoms with Crippen LogP contribution in [0.3, 0.4) is 0 Å². The molecule has 0 aliphatic carbocycles. The molecule has 1 aliphatic heterocycles. The quantitative estimate of drug-likeness (QED) is 0.512. The van der Waals surface area contributed by atoms with Gasteiger partial charge < -0.3 is 25.1 Å². The van der Waals surface area contributed by atoms with E-state index in [-0.39, 0.29) is 18.3 Å². The number of aromatic nitrogens is 2. The third kappa shape index (κ3) is 4.68. The van der Waals surface area contributed by atoms with Crippen LogP contribution in [0.5, 0.6) is 0 Å². The van der Waals surface area contributed by atoms with Crippen molar-refractivity contribution in [1.82, 2.24) is 9.55 Å². The van der Waals surface area contributed by atoms with Gasteiger partial charge in [-0.1, -0.05) is 27.7 Å². The van der Waals surface area contributed by atoms with E-state index in [9.17, 15) is 14.7 Å². The molecule has 1 saturated heterocycles. The summed E-state index contributed by atoms with van der Waals surface area (Å²) in [5, 5.41) is 9.87. The molecule has 1 aromatic heterocycles. The maximum absolute atomic E-state index is 15.7. The van der Waals surface area contributed by atoms with Gasteiger partial charge in [-0.15, -0.1) is 0 Å². The molecule has 1 aromatic rings. The van der Waals surface area contributed by atoms with Crippen LogP contribution in [0, 0.1) is 11.8 Å². The van der Waals surface area contributed by atoms with Crippen LogP contribution in [-0.4, -0.2) is 51.4 Å². The van der Waals surface area contributed by atoms with Crippen LogP contribution in [0.2, 0.25) is 0 Å². The molecule has 5 unspecified atom stereocenters. The Morgan fingerprint density at radius 3 is 2.64 bits per heavy atom. The van der Waals surface area contributed by atoms with Gasteiger partial charge in [-0.05, 0) is 13.0 Å². The van der Waals surface area contributed by atoms with Gasteiger partial charge in [0.1, 0.15) is 11.9 Å². The first-order valence-electron chi connectivity index (χ1n) is 9.14. The van der Waals surface area contributed by atoms with Crippen molar-refractivity contribution in [3.05, 3.63) is 22.7 Å². The van der Waals surface area contributed by atoms with Gasteiger partial charge in [-0.3, -0.25) is 9.36 Å². The number of alkyl halides is 1. The fourth-order valence-corrected chi connectivity index (χ4v) is 2.78. The maximum Gasteiger partial charge on any atom is 0.351 e. The second-order valence-electron chi connectivity index (χ2n) is 7.70. The highest BCUT2D eigenvalue weighted by Crippen LogP contribution is 2.43. The zero-order chi connectivity index (χ0) is 21.2. The Labute approximate surface area is 162 Å². The fourth-order valence-electron chi connectivity index (χ4n) is 2.78. The molecule has 158 valence electrons. The normalized spacial score (nSPS) is 28.7. The van der Waals surface area contributed by atoms with Crippen LogP contribution >= 0.6 is 0 Å². The number of halogens is 1. The number of carbonyl (C=O) groups is 1. The lowest BCUT2D eigenvalue weighted by Gasteiger charge is -2.28. The average Bonchev–Trinajstić information content (AvgIpc) is 2.83. The predicted molar refractivity (Wildman–Crippen MR) is 97.8 cm³/mol. The number of aliphatic hydroxyl groups is 1. The minimum atomic E-state index is -2.26. The SMILES string of the molecule is CC(C)C(=O)OC1C(COC(O)C(C)C)OC(n2ccc(N)nc2=O)C1(C)F. The number of hydrogen-bond donors (Lipinski definition) is 2. The fraction of sp³-hybridized carbons (Fsp3) is 0.722. The van der Waals surface area contributed by atoms with Crippen molar-refractivity contribution in [2.75, 3.05) is 12.3 Å². The van der Waals surface area contributed by atoms with Gasteiger partial charge in [0.05, 0.1) is 12.5 Å². The van der Waals surface area contributed by atoms with Gasteiger partial charge in [-0.2, -0.15) is 4.98 Å². The number of rotatable bonds is 7. The molecule has 3 N–H and O–H groups in total. The van der Waals surface area contributed by atoms with E-state index in [1.165, 1.54) is 19.2 Å². The molecule has 0 radical (unpaired) electrons. The molecular formula is C18H28FN3O6. The van der Waals surface area contributed by atoms with Crippen molar-refractivity contribution in [3.63, 3.8) is 0 Å². The van der Waals surface area contributed by atoms with Crippen molar-refractivity contribution in [3.8, 4) is 0 Å². The largest absolute Gasteiger partial charge is 0.456 e. The minimum Gasteiger partial charge on any atom is -0.456 e. The number of esters is 1. The summed E-state index contributed by atoms with van der Waals surface area (Å²) >= 11 is 0. The van der Waals surface area contributed by atoms with Gasteiger partial charge in [-0.25, -0.2) is 9.18 Å². The standard InChI is InChI=1S/C18H28FN3O6/c1-9(2)14(23)26-8-11-13(28-15(24)10(3)4)18(5,19)16(27-11)22-7-6-12(20)21-17(22)25/h6-7,9-11,13-14,16,23H,8H2,1-5H3,(H2,20,21,25). The van der Waals surface area contributed by atoms with E-state index in [2.05, 4.69) is 4.98 Å². The number of nitrogen functional groups attached to an aromatic ring is 1. The molecule has 2 heterocycles. The maximum atomic E-state index is 15.7. The number of nitrogens with zero attached hydrogens (tertiary/aromatic N) is 2. The summed E-state index contributed by atoms with van der Waals surface area (Å²) in [5.41, 5.74) is 2.42. The summed E-state index contributed by atoms with van der Waals surface area (Å²) in [6.07, 6.45) is -3.64. The molecule has 10 heteroatoms. The first kappa shape index (κ1) is 22.3. The van der Waals surface area contributed by atoms with Crippen LogP contribution in [-0.2, 0) is 19.0 Å². The van der Waals surface area contributed by atoms with Gasteiger partial charge in [0, 0.05) is 12.1 Å². The second-order valence-corrected chi connectivity index (χ2v) is 7.70. The number of anilines is 1. The van der Waals surface area contributed by atoms with E-state index in [1.807, 2.05) is 0 Å². The van der Waals surface area contributed by atoms with Crippen molar-refractivity contribution in [2.45, 2.75) is 65.0 Å². The van der Waals surface area contributed by atoms with Crippen LogP contribution < -0.4 is 11.4 Å². The molecule has 0 spiro atoms. The summed E-state index contributed by atoms with van der Waals surface area (Å²) < 4.78 is 33.1. The summed E-state index contributed by atoms with van der Waals surface area (Å²) in [6, 6.07) is 1.34. The van der Waals surface area contributed by atoms with Gasteiger partial charge in [0.15, 0.2) is 24.3 Å². The number of carbonyl (C=O) groups excluding carboxylic acids is 1. The molecule has 5 atom stereocenters. The van der Waals surface area contributed by atoms with Crippen molar-refractivity contribution in [2.24, 2.45) is 11.8 Å². The van der Waals surface area contributed by atoms with Crippen molar-refractivity contribution >= 4 is 11.8 Å². The highest BCUT2D eigenvalue weighted by molar-refractivity contribution is 5.71. The third-order valence-electron chi connectivity index (χ3n) is 4.50. The molecule has 2 rings (SSSR count). The van der Waals surface area contributed by atoms with E-state index in [0.29, 0.717) is 0 Å². The van der Waals surface area contributed by atoms with E-state index >= 15 is 4.39 Å². The summed E-state index contributed by atoms with van der Waals surface area (Å²) in [7, 11) is 0. The summed E-state index contributed by atoms with van der Waals surface area (Å²) in [4.78, 5) is 27.8. The van der Waals surface area contributed by atoms with Gasteiger partial charge >= 0.3 is 11.7 Å². The van der Waals surface area contributed by atoms with E-state index in [1.54, 1.807) is 27.7 Å². The van der Waals surface area contributed by atoms with E-state index in [4.69, 9.17) is 19.9 Å². The van der Waals surface area contributed by atoms with E-state index < -0.39 is 48.0 Å². The van der Waals surface area contributed by atoms with Crippen LogP contribution in [0.1, 0.15) is 40.8 Å². The molecular weight excluding hydrogens is 373 g/mol. The van der Waals surface area contributed by atoms with Crippen LogP contribution in [0.15, 0.2) is 17.1 Å². The Morgan fingerprint density at radius 1 is 1.46 bits per heavy atom. The Morgan fingerprint density at radius 2 is 2.11 bits per heavy atom. The Balaban J connectivity index is 2.33. The minimum absolute atomic E-state index is 0.0115. The highest BCUT2D eigenvalue weighted by Gasteiger charge is 2.58. The molecule has 1 aliphatic rings. The topological polar surface area (TPSA) is 126 Å². The van der Waals surface area contributed by atoms with E-state index in [0.717, 1.165) is 4.57 Å². The molecule has 0 aromatic carbocycles. The monoisotopic (exact) mass is 401 g/mol. The van der Waals surface area contributed by atoms with Crippen molar-refractivity contribution in [1.29, 1.82) is 0 Å². The lowest BCUT2D eigenvalue weighted by atomic mass is 9.98. The van der Waals surface area contributed by atoms with Crippen LogP contribution in [0.25, 0.3) is 0 Å². The van der Waals surface area contributed by atoms with Gasteiger partial charge in [0.25, 0.3) is 0 Å². The average molecular weight is 401 g/mol. The summed E-state index contributed by atoms with van der Waals surface area (Å²) in [6.45, 7) is 7.68. The number of hydrogen-bond acceptors (Lipinski definition) is 8. The number of nitrogens with two attached hydrogens (primary N) is 1. The smallest absolute Gasteiger partial charge is 0.351 e. The lowest BCUT2D eigenvalue weighted by Crippen LogP contribution is -2.46. The third-order valence-corrected chi connectivity index (χ3v) is 4.50. The second kappa shape index (κ2) is 8.54. The molecule has 9 nitrogen and oxygen atoms in total. The summed E-state index contributed by atoms with van der Waals surface area (Å²) in [5.74, 6) is -1.31. The molecule has 0 amide bonds. The molecule has 0 bridgehead atoms. The Hall–Kier alpha value is -2.04. The zero-order valence-corrected chi connectivity index (χ0v) is 16.7. The first-order valence-corrected chi connectivity index (χ1v) is 9.14. The van der Waals surface area contributed by atoms with Crippen LogP contribution in [0.4, 0.5) is 10.2 Å². The molecule has 0 saturated carbocycles. The molecule has 1 fully saturated rings. The zero-order valence-electron chi connectivity index (χ0n) is 16.7. The first-order chi connectivity index (χ1) is 12.9. The Kier molecular flexibility index (Phi) is 6.79. The van der Waals surface area contributed by atoms with Crippen molar-refractivity contribution < 1.29 is 28.5 Å². The lowest BCUT2D eigenvalue weighted by molar-refractivity contribution is -0.174. The van der Waals surface area contributed by atoms with Gasteiger partial charge in [0.2, 0.25) is 0 Å².